The molecule has 1 aromatic carbocycles. The van der Waals surface area contributed by atoms with Crippen molar-refractivity contribution in [2.75, 3.05) is 0 Å². The van der Waals surface area contributed by atoms with E-state index in [1.54, 1.807) is 11.3 Å². The second-order valence-electron chi connectivity index (χ2n) is 5.33. The minimum atomic E-state index is 0.228. The van der Waals surface area contributed by atoms with Gasteiger partial charge in [-0.15, -0.1) is 11.3 Å². The molecule has 19 heavy (non-hydrogen) atoms. The van der Waals surface area contributed by atoms with Gasteiger partial charge in [0, 0.05) is 10.8 Å². The van der Waals surface area contributed by atoms with Gasteiger partial charge < -0.3 is 0 Å². The van der Waals surface area contributed by atoms with Gasteiger partial charge in [0.2, 0.25) is 0 Å². The molecular formula is C16H20N2S. The fourth-order valence-corrected chi connectivity index (χ4v) is 3.95. The Hall–Kier alpha value is -1.16. The van der Waals surface area contributed by atoms with E-state index >= 15 is 0 Å². The van der Waals surface area contributed by atoms with Crippen molar-refractivity contribution < 1.29 is 0 Å². The van der Waals surface area contributed by atoms with Crippen molar-refractivity contribution in [2.24, 2.45) is 5.84 Å². The zero-order valence-corrected chi connectivity index (χ0v) is 12.0. The van der Waals surface area contributed by atoms with E-state index in [-0.39, 0.29) is 6.04 Å². The molecule has 0 fully saturated rings. The molecule has 0 aliphatic heterocycles. The Bertz CT molecular complexity index is 561. The van der Waals surface area contributed by atoms with Gasteiger partial charge in [-0.1, -0.05) is 24.3 Å². The van der Waals surface area contributed by atoms with Gasteiger partial charge in [0.25, 0.3) is 0 Å². The average molecular weight is 272 g/mol. The molecule has 0 amide bonds. The highest BCUT2D eigenvalue weighted by molar-refractivity contribution is 7.10. The summed E-state index contributed by atoms with van der Waals surface area (Å²) in [6.07, 6.45) is 3.66. The number of benzene rings is 1. The van der Waals surface area contributed by atoms with Crippen LogP contribution in [0.3, 0.4) is 0 Å². The first-order valence-electron chi connectivity index (χ1n) is 6.88. The number of hydrazine groups is 1. The van der Waals surface area contributed by atoms with Crippen LogP contribution < -0.4 is 11.3 Å². The van der Waals surface area contributed by atoms with Crippen LogP contribution >= 0.6 is 11.3 Å². The number of thiophene rings is 1. The lowest BCUT2D eigenvalue weighted by atomic mass is 9.77. The Kier molecular flexibility index (Phi) is 3.69. The molecular weight excluding hydrogens is 252 g/mol. The predicted molar refractivity (Wildman–Crippen MR) is 81.2 cm³/mol. The van der Waals surface area contributed by atoms with Crippen LogP contribution in [0.1, 0.15) is 46.4 Å². The number of fused-ring (bicyclic) bond motifs is 1. The van der Waals surface area contributed by atoms with Gasteiger partial charge in [-0.3, -0.25) is 11.3 Å². The van der Waals surface area contributed by atoms with E-state index in [1.807, 2.05) is 0 Å². The van der Waals surface area contributed by atoms with Gasteiger partial charge >= 0.3 is 0 Å². The molecule has 3 heteroatoms. The number of hydrogen-bond acceptors (Lipinski definition) is 3. The summed E-state index contributed by atoms with van der Waals surface area (Å²) in [5, 5.41) is 2.23. The van der Waals surface area contributed by atoms with Crippen LogP contribution in [0, 0.1) is 6.92 Å². The third kappa shape index (κ3) is 2.46. The maximum atomic E-state index is 5.86. The molecule has 0 radical (unpaired) electrons. The van der Waals surface area contributed by atoms with Crippen LogP contribution in [-0.4, -0.2) is 0 Å². The zero-order chi connectivity index (χ0) is 13.2. The van der Waals surface area contributed by atoms with E-state index in [1.165, 1.54) is 40.8 Å². The van der Waals surface area contributed by atoms with Crippen molar-refractivity contribution in [2.45, 2.75) is 38.1 Å². The minimum absolute atomic E-state index is 0.228. The first-order chi connectivity index (χ1) is 9.29. The molecule has 3 rings (SSSR count). The number of hydrogen-bond donors (Lipinski definition) is 2. The SMILES string of the molecule is Cc1cc(C(NN)C2CCCc3ccccc32)cs1. The Morgan fingerprint density at radius 2 is 2.21 bits per heavy atom. The lowest BCUT2D eigenvalue weighted by Gasteiger charge is -2.31. The molecule has 1 aliphatic rings. The van der Waals surface area contributed by atoms with Crippen LogP contribution in [0.25, 0.3) is 0 Å². The molecule has 0 saturated heterocycles. The van der Waals surface area contributed by atoms with Crippen molar-refractivity contribution in [3.8, 4) is 0 Å². The molecule has 2 nitrogen and oxygen atoms in total. The average Bonchev–Trinajstić information content (AvgIpc) is 2.86. The molecule has 2 unspecified atom stereocenters. The fraction of sp³-hybridized carbons (Fsp3) is 0.375. The van der Waals surface area contributed by atoms with Crippen molar-refractivity contribution >= 4 is 11.3 Å². The van der Waals surface area contributed by atoms with Crippen LogP contribution in [0.5, 0.6) is 0 Å². The Labute approximate surface area is 118 Å². The number of nitrogens with two attached hydrogens (primary N) is 1. The molecule has 100 valence electrons. The summed E-state index contributed by atoms with van der Waals surface area (Å²) in [6, 6.07) is 11.3. The first-order valence-corrected chi connectivity index (χ1v) is 7.76. The lowest BCUT2D eigenvalue weighted by molar-refractivity contribution is 0.409. The van der Waals surface area contributed by atoms with E-state index in [0.717, 1.165) is 0 Å². The van der Waals surface area contributed by atoms with Gasteiger partial charge in [0.1, 0.15) is 0 Å². The second-order valence-corrected chi connectivity index (χ2v) is 6.45. The van der Waals surface area contributed by atoms with E-state index in [4.69, 9.17) is 5.84 Å². The fourth-order valence-electron chi connectivity index (χ4n) is 3.21. The monoisotopic (exact) mass is 272 g/mol. The predicted octanol–water partition coefficient (Wildman–Crippen LogP) is 3.68. The summed E-state index contributed by atoms with van der Waals surface area (Å²) < 4.78 is 0. The highest BCUT2D eigenvalue weighted by Gasteiger charge is 2.28. The molecule has 2 aromatic rings. The van der Waals surface area contributed by atoms with Crippen LogP contribution in [0.2, 0.25) is 0 Å². The molecule has 1 aliphatic carbocycles. The van der Waals surface area contributed by atoms with Gasteiger partial charge in [-0.05, 0) is 54.3 Å². The maximum absolute atomic E-state index is 5.86. The Balaban J connectivity index is 1.97. The van der Waals surface area contributed by atoms with Gasteiger partial charge in [-0.2, -0.15) is 0 Å². The highest BCUT2D eigenvalue weighted by Crippen LogP contribution is 2.40. The quantitative estimate of drug-likeness (QED) is 0.660. The van der Waals surface area contributed by atoms with Gasteiger partial charge in [-0.25, -0.2) is 0 Å². The third-order valence-corrected chi connectivity index (χ3v) is 4.99. The number of aryl methyl sites for hydroxylation is 2. The minimum Gasteiger partial charge on any atom is -0.271 e. The number of nitrogens with one attached hydrogen (secondary N) is 1. The molecule has 1 heterocycles. The zero-order valence-electron chi connectivity index (χ0n) is 11.2. The summed E-state index contributed by atoms with van der Waals surface area (Å²) in [4.78, 5) is 1.35. The van der Waals surface area contributed by atoms with E-state index in [9.17, 15) is 0 Å². The Morgan fingerprint density at radius 1 is 1.37 bits per heavy atom. The largest absolute Gasteiger partial charge is 0.271 e. The standard InChI is InChI=1S/C16H20N2S/c1-11-9-13(10-19-11)16(18-17)15-8-4-6-12-5-2-3-7-14(12)15/h2-3,5,7,9-10,15-16,18H,4,6,8,17H2,1H3. The lowest BCUT2D eigenvalue weighted by Crippen LogP contribution is -2.33. The van der Waals surface area contributed by atoms with Crippen LogP contribution in [0.15, 0.2) is 35.7 Å². The topological polar surface area (TPSA) is 38.0 Å². The molecule has 3 N–H and O–H groups in total. The molecule has 1 aromatic heterocycles. The van der Waals surface area contributed by atoms with E-state index < -0.39 is 0 Å². The summed E-state index contributed by atoms with van der Waals surface area (Å²) in [6.45, 7) is 2.15. The van der Waals surface area contributed by atoms with Crippen molar-refractivity contribution in [3.05, 3.63) is 57.3 Å². The highest BCUT2D eigenvalue weighted by atomic mass is 32.1. The smallest absolute Gasteiger partial charge is 0.0536 e. The second kappa shape index (κ2) is 5.45. The van der Waals surface area contributed by atoms with Crippen LogP contribution in [-0.2, 0) is 6.42 Å². The number of rotatable bonds is 3. The van der Waals surface area contributed by atoms with E-state index in [0.29, 0.717) is 5.92 Å². The third-order valence-electron chi connectivity index (χ3n) is 4.11. The first kappa shape index (κ1) is 12.9. The summed E-state index contributed by atoms with van der Waals surface area (Å²) in [5.41, 5.74) is 7.34. The normalized spacial score (nSPS) is 20.0. The van der Waals surface area contributed by atoms with Crippen LogP contribution in [0.4, 0.5) is 0 Å². The van der Waals surface area contributed by atoms with Crippen molar-refractivity contribution in [1.82, 2.24) is 5.43 Å². The van der Waals surface area contributed by atoms with Gasteiger partial charge in [0.15, 0.2) is 0 Å². The molecule has 2 atom stereocenters. The summed E-state index contributed by atoms with van der Waals surface area (Å²) >= 11 is 1.80. The van der Waals surface area contributed by atoms with Crippen molar-refractivity contribution in [3.63, 3.8) is 0 Å². The van der Waals surface area contributed by atoms with E-state index in [2.05, 4.69) is 48.1 Å². The molecule has 0 saturated carbocycles. The van der Waals surface area contributed by atoms with Gasteiger partial charge in [0.05, 0.1) is 6.04 Å². The molecule has 0 bridgehead atoms. The Morgan fingerprint density at radius 3 is 2.95 bits per heavy atom. The maximum Gasteiger partial charge on any atom is 0.0536 e. The summed E-state index contributed by atoms with van der Waals surface area (Å²) in [5.74, 6) is 6.35. The summed E-state index contributed by atoms with van der Waals surface area (Å²) in [7, 11) is 0. The van der Waals surface area contributed by atoms with Crippen molar-refractivity contribution in [1.29, 1.82) is 0 Å². The molecule has 0 spiro atoms.